The van der Waals surface area contributed by atoms with E-state index in [0.717, 1.165) is 0 Å². The Balaban J connectivity index is 2.19. The van der Waals surface area contributed by atoms with Gasteiger partial charge in [-0.15, -0.1) is 5.10 Å². The summed E-state index contributed by atoms with van der Waals surface area (Å²) in [7, 11) is 1.23. The average Bonchev–Trinajstić information content (AvgIpc) is 2.94. The van der Waals surface area contributed by atoms with Gasteiger partial charge in [0.1, 0.15) is 5.75 Å². The first-order chi connectivity index (χ1) is 10.6. The third-order valence-electron chi connectivity index (χ3n) is 2.73. The summed E-state index contributed by atoms with van der Waals surface area (Å²) >= 11 is 0. The molecule has 0 aliphatic carbocycles. The molecule has 1 heterocycles. The fourth-order valence-corrected chi connectivity index (χ4v) is 1.78. The van der Waals surface area contributed by atoms with Crippen molar-refractivity contribution in [1.82, 2.24) is 10.2 Å². The van der Waals surface area contributed by atoms with E-state index in [0.29, 0.717) is 18.0 Å². The smallest absolute Gasteiger partial charge is 0.362 e. The molecule has 0 spiro atoms. The molecule has 0 saturated heterocycles. The Labute approximate surface area is 125 Å². The second-order valence-electron chi connectivity index (χ2n) is 4.13. The number of H-pyrrole nitrogens is 1. The van der Waals surface area contributed by atoms with E-state index in [1.807, 2.05) is 6.92 Å². The lowest BCUT2D eigenvalue weighted by Gasteiger charge is -2.06. The monoisotopic (exact) mass is 306 g/mol. The van der Waals surface area contributed by atoms with Crippen molar-refractivity contribution in [2.24, 2.45) is 0 Å². The van der Waals surface area contributed by atoms with Crippen LogP contribution in [0.25, 0.3) is 0 Å². The maximum Gasteiger partial charge on any atom is 0.362 e. The molecule has 9 nitrogen and oxygen atoms in total. The highest BCUT2D eigenvalue weighted by molar-refractivity contribution is 6.06. The van der Waals surface area contributed by atoms with Crippen LogP contribution in [-0.4, -0.2) is 34.7 Å². The van der Waals surface area contributed by atoms with Crippen molar-refractivity contribution in [3.63, 3.8) is 0 Å². The molecule has 2 aromatic rings. The molecule has 0 aliphatic rings. The summed E-state index contributed by atoms with van der Waals surface area (Å²) in [6.07, 6.45) is 0. The van der Waals surface area contributed by atoms with Gasteiger partial charge < -0.3 is 14.8 Å². The summed E-state index contributed by atoms with van der Waals surface area (Å²) in [6.45, 7) is 2.40. The van der Waals surface area contributed by atoms with Crippen molar-refractivity contribution in [2.75, 3.05) is 19.0 Å². The summed E-state index contributed by atoms with van der Waals surface area (Å²) in [5.74, 6) is -0.275. The van der Waals surface area contributed by atoms with Gasteiger partial charge in [-0.05, 0) is 31.2 Å². The molecule has 2 rings (SSSR count). The standard InChI is InChI=1S/C13H14N4O5/c1-3-22-9-6-4-8(5-7-9)14-12(18)10-11(17(19)20)13(21-2)16-15-10/h4-7H,3H2,1-2H3,(H,14,18)(H,15,16). The van der Waals surface area contributed by atoms with E-state index in [9.17, 15) is 14.9 Å². The molecule has 0 saturated carbocycles. The van der Waals surface area contributed by atoms with Crippen molar-refractivity contribution >= 4 is 17.3 Å². The van der Waals surface area contributed by atoms with Gasteiger partial charge in [-0.2, -0.15) is 0 Å². The third-order valence-corrected chi connectivity index (χ3v) is 2.73. The number of aromatic nitrogens is 2. The van der Waals surface area contributed by atoms with Crippen LogP contribution < -0.4 is 14.8 Å². The van der Waals surface area contributed by atoms with Crippen molar-refractivity contribution < 1.29 is 19.2 Å². The molecular weight excluding hydrogens is 292 g/mol. The van der Waals surface area contributed by atoms with E-state index < -0.39 is 16.5 Å². The Morgan fingerprint density at radius 2 is 2.09 bits per heavy atom. The molecule has 0 bridgehead atoms. The number of rotatable bonds is 6. The van der Waals surface area contributed by atoms with Crippen LogP contribution in [-0.2, 0) is 0 Å². The highest BCUT2D eigenvalue weighted by Crippen LogP contribution is 2.28. The quantitative estimate of drug-likeness (QED) is 0.622. The molecule has 0 aliphatic heterocycles. The van der Waals surface area contributed by atoms with E-state index in [-0.39, 0.29) is 11.6 Å². The molecule has 0 unspecified atom stereocenters. The molecule has 0 radical (unpaired) electrons. The van der Waals surface area contributed by atoms with Crippen molar-refractivity contribution in [2.45, 2.75) is 6.92 Å². The molecule has 1 aromatic heterocycles. The zero-order valence-electron chi connectivity index (χ0n) is 12.0. The number of aromatic amines is 1. The molecular formula is C13H14N4O5. The van der Waals surface area contributed by atoms with Crippen molar-refractivity contribution in [3.8, 4) is 11.6 Å². The summed E-state index contributed by atoms with van der Waals surface area (Å²) < 4.78 is 10.0. The minimum Gasteiger partial charge on any atom is -0.494 e. The highest BCUT2D eigenvalue weighted by atomic mass is 16.6. The van der Waals surface area contributed by atoms with Gasteiger partial charge in [-0.3, -0.25) is 20.0 Å². The normalized spacial score (nSPS) is 10.1. The van der Waals surface area contributed by atoms with Crippen LogP contribution in [0.1, 0.15) is 17.4 Å². The maximum atomic E-state index is 12.1. The Morgan fingerprint density at radius 1 is 1.41 bits per heavy atom. The summed E-state index contributed by atoms with van der Waals surface area (Å²) in [6, 6.07) is 6.62. The first kappa shape index (κ1) is 15.3. The number of nitrogens with zero attached hydrogens (tertiary/aromatic N) is 2. The van der Waals surface area contributed by atoms with Gasteiger partial charge in [0.15, 0.2) is 0 Å². The molecule has 1 aromatic carbocycles. The lowest BCUT2D eigenvalue weighted by atomic mass is 10.2. The SMILES string of the molecule is CCOc1ccc(NC(=O)c2[nH]nc(OC)c2[N+](=O)[O-])cc1. The van der Waals surface area contributed by atoms with Crippen LogP contribution in [0.4, 0.5) is 11.4 Å². The van der Waals surface area contributed by atoms with Crippen LogP contribution in [0.3, 0.4) is 0 Å². The third kappa shape index (κ3) is 3.14. The van der Waals surface area contributed by atoms with Crippen LogP contribution in [0.15, 0.2) is 24.3 Å². The van der Waals surface area contributed by atoms with Crippen LogP contribution in [0.5, 0.6) is 11.6 Å². The minimum absolute atomic E-state index is 0.248. The number of carbonyl (C=O) groups is 1. The van der Waals surface area contributed by atoms with E-state index in [1.54, 1.807) is 24.3 Å². The fraction of sp³-hybridized carbons (Fsp3) is 0.231. The van der Waals surface area contributed by atoms with Gasteiger partial charge in [0, 0.05) is 5.69 Å². The maximum absolute atomic E-state index is 12.1. The fourth-order valence-electron chi connectivity index (χ4n) is 1.78. The topological polar surface area (TPSA) is 119 Å². The molecule has 0 atom stereocenters. The van der Waals surface area contributed by atoms with E-state index in [2.05, 4.69) is 15.5 Å². The predicted octanol–water partition coefficient (Wildman–Crippen LogP) is 1.98. The number of benzene rings is 1. The first-order valence-electron chi connectivity index (χ1n) is 6.37. The number of carbonyl (C=O) groups excluding carboxylic acids is 1. The van der Waals surface area contributed by atoms with Gasteiger partial charge >= 0.3 is 11.6 Å². The Kier molecular flexibility index (Phi) is 4.57. The van der Waals surface area contributed by atoms with Gasteiger partial charge in [0.2, 0.25) is 5.69 Å². The summed E-state index contributed by atoms with van der Waals surface area (Å²) in [4.78, 5) is 22.4. The Hall–Kier alpha value is -3.10. The number of nitrogens with one attached hydrogen (secondary N) is 2. The number of hydrogen-bond donors (Lipinski definition) is 2. The van der Waals surface area contributed by atoms with E-state index >= 15 is 0 Å². The largest absolute Gasteiger partial charge is 0.494 e. The zero-order chi connectivity index (χ0) is 16.1. The molecule has 22 heavy (non-hydrogen) atoms. The number of anilines is 1. The van der Waals surface area contributed by atoms with Crippen molar-refractivity contribution in [3.05, 3.63) is 40.1 Å². The first-order valence-corrected chi connectivity index (χ1v) is 6.37. The Morgan fingerprint density at radius 3 is 2.64 bits per heavy atom. The summed E-state index contributed by atoms with van der Waals surface area (Å²) in [5.41, 5.74) is -0.321. The van der Waals surface area contributed by atoms with Crippen LogP contribution in [0, 0.1) is 10.1 Å². The number of hydrogen-bond acceptors (Lipinski definition) is 6. The second-order valence-corrected chi connectivity index (χ2v) is 4.13. The molecule has 9 heteroatoms. The Bertz CT molecular complexity index is 680. The minimum atomic E-state index is -0.727. The van der Waals surface area contributed by atoms with Crippen LogP contribution in [0.2, 0.25) is 0 Å². The summed E-state index contributed by atoms with van der Waals surface area (Å²) in [5, 5.41) is 19.4. The van der Waals surface area contributed by atoms with Gasteiger partial charge in [0.05, 0.1) is 18.6 Å². The molecule has 1 amide bonds. The highest BCUT2D eigenvalue weighted by Gasteiger charge is 2.30. The van der Waals surface area contributed by atoms with Gasteiger partial charge in [-0.1, -0.05) is 0 Å². The number of methoxy groups -OCH3 is 1. The van der Waals surface area contributed by atoms with Crippen LogP contribution >= 0.6 is 0 Å². The number of ether oxygens (including phenoxy) is 2. The number of amides is 1. The number of nitro groups is 1. The lowest BCUT2D eigenvalue weighted by molar-refractivity contribution is -0.386. The molecule has 0 fully saturated rings. The second kappa shape index (κ2) is 6.57. The molecule has 116 valence electrons. The van der Waals surface area contributed by atoms with Gasteiger partial charge in [-0.25, -0.2) is 0 Å². The molecule has 2 N–H and O–H groups in total. The van der Waals surface area contributed by atoms with E-state index in [4.69, 9.17) is 9.47 Å². The average molecular weight is 306 g/mol. The predicted molar refractivity (Wildman–Crippen MR) is 77.4 cm³/mol. The van der Waals surface area contributed by atoms with Crippen molar-refractivity contribution in [1.29, 1.82) is 0 Å². The lowest BCUT2D eigenvalue weighted by Crippen LogP contribution is -2.14. The van der Waals surface area contributed by atoms with Gasteiger partial charge in [0.25, 0.3) is 5.91 Å². The zero-order valence-corrected chi connectivity index (χ0v) is 12.0. The van der Waals surface area contributed by atoms with E-state index in [1.165, 1.54) is 7.11 Å².